The topological polar surface area (TPSA) is 125 Å². The molecule has 0 radical (unpaired) electrons. The molecule has 140 valence electrons. The third kappa shape index (κ3) is 6.45. The van der Waals surface area contributed by atoms with Gasteiger partial charge in [0.2, 0.25) is 0 Å². The molecule has 0 saturated carbocycles. The summed E-state index contributed by atoms with van der Waals surface area (Å²) in [4.78, 5) is 5.57. The zero-order valence-corrected chi connectivity index (χ0v) is 15.2. The van der Waals surface area contributed by atoms with Crippen LogP contribution in [0, 0.1) is 13.8 Å². The summed E-state index contributed by atoms with van der Waals surface area (Å²) < 4.78 is 16.7. The van der Waals surface area contributed by atoms with Gasteiger partial charge in [-0.3, -0.25) is 0 Å². The Morgan fingerprint density at radius 1 is 0.741 bits per heavy atom. The molecule has 0 saturated heterocycles. The lowest BCUT2D eigenvalue weighted by molar-refractivity contribution is 0.0767. The zero-order chi connectivity index (χ0) is 19.5. The second-order valence-electron chi connectivity index (χ2n) is 5.63. The van der Waals surface area contributed by atoms with E-state index in [1.165, 1.54) is 0 Å². The molecule has 27 heavy (non-hydrogen) atoms. The van der Waals surface area contributed by atoms with Crippen LogP contribution in [-0.4, -0.2) is 26.4 Å². The van der Waals surface area contributed by atoms with Crippen LogP contribution in [0.3, 0.4) is 0 Å². The van der Waals surface area contributed by atoms with Gasteiger partial charge in [0.1, 0.15) is 24.7 Å². The Hall–Kier alpha value is -3.38. The van der Waals surface area contributed by atoms with Crippen molar-refractivity contribution in [3.63, 3.8) is 0 Å². The normalized spacial score (nSPS) is 9.85. The van der Waals surface area contributed by atoms with E-state index in [1.807, 2.05) is 38.1 Å². The number of hydrogen-bond acceptors (Lipinski definition) is 5. The van der Waals surface area contributed by atoms with E-state index in [1.54, 1.807) is 12.1 Å². The van der Waals surface area contributed by atoms with Gasteiger partial charge in [-0.15, -0.1) is 0 Å². The average Bonchev–Trinajstić information content (AvgIpc) is 2.65. The second-order valence-corrected chi connectivity index (χ2v) is 5.63. The van der Waals surface area contributed by atoms with Gasteiger partial charge in [0.05, 0.1) is 24.6 Å². The summed E-state index contributed by atoms with van der Waals surface area (Å²) >= 11 is 0. The van der Waals surface area contributed by atoms with E-state index in [0.717, 1.165) is 11.1 Å². The first kappa shape index (κ1) is 19.9. The van der Waals surface area contributed by atoms with Gasteiger partial charge in [-0.25, -0.2) is 0 Å². The lowest BCUT2D eigenvalue weighted by Gasteiger charge is -2.11. The fourth-order valence-electron chi connectivity index (χ4n) is 2.26. The molecule has 2 aromatic rings. The molecule has 0 fully saturated rings. The fourth-order valence-corrected chi connectivity index (χ4v) is 2.26. The lowest BCUT2D eigenvalue weighted by Crippen LogP contribution is -2.12. The molecule has 0 heterocycles. The molecule has 0 atom stereocenters. The SMILES string of the molecule is Cc1ccc(N=[N+]=[N-])c(OCCOCCOc2cc(C)ccc2N=[N+]=[N-])c1. The Balaban J connectivity index is 1.74. The van der Waals surface area contributed by atoms with Crippen LogP contribution in [0.1, 0.15) is 11.1 Å². The molecule has 9 heteroatoms. The number of azide groups is 2. The predicted molar refractivity (Wildman–Crippen MR) is 102 cm³/mol. The van der Waals surface area contributed by atoms with Gasteiger partial charge in [0.25, 0.3) is 0 Å². The van der Waals surface area contributed by atoms with E-state index < -0.39 is 0 Å². The Morgan fingerprint density at radius 3 is 1.59 bits per heavy atom. The van der Waals surface area contributed by atoms with E-state index >= 15 is 0 Å². The standard InChI is InChI=1S/C18H20N6O3/c1-13-3-5-15(21-23-19)17(11-13)26-9-7-25-8-10-27-18-12-14(2)4-6-16(18)22-24-20/h3-6,11-12H,7-10H2,1-2H3. The molecule has 0 N–H and O–H groups in total. The van der Waals surface area contributed by atoms with Gasteiger partial charge < -0.3 is 14.2 Å². The second kappa shape index (κ2) is 10.6. The summed E-state index contributed by atoms with van der Waals surface area (Å²) in [6.45, 7) is 5.18. The molecule has 0 amide bonds. The Bertz CT molecular complexity index is 802. The van der Waals surface area contributed by atoms with Crippen molar-refractivity contribution in [2.24, 2.45) is 10.2 Å². The summed E-state index contributed by atoms with van der Waals surface area (Å²) in [6, 6.07) is 10.7. The van der Waals surface area contributed by atoms with Crippen LogP contribution in [0.15, 0.2) is 46.6 Å². The first-order chi connectivity index (χ1) is 13.1. The molecular weight excluding hydrogens is 348 g/mol. The first-order valence-corrected chi connectivity index (χ1v) is 8.29. The third-order valence-electron chi connectivity index (χ3n) is 3.51. The smallest absolute Gasteiger partial charge is 0.129 e. The van der Waals surface area contributed by atoms with Crippen molar-refractivity contribution in [3.05, 3.63) is 68.4 Å². The average molecular weight is 368 g/mol. The van der Waals surface area contributed by atoms with Crippen molar-refractivity contribution >= 4 is 11.4 Å². The molecule has 0 unspecified atom stereocenters. The summed E-state index contributed by atoms with van der Waals surface area (Å²) in [7, 11) is 0. The Kier molecular flexibility index (Phi) is 7.81. The minimum atomic E-state index is 0.311. The number of hydrogen-bond donors (Lipinski definition) is 0. The van der Waals surface area contributed by atoms with Crippen molar-refractivity contribution < 1.29 is 14.2 Å². The number of nitrogens with zero attached hydrogens (tertiary/aromatic N) is 6. The summed E-state index contributed by atoms with van der Waals surface area (Å²) in [5.41, 5.74) is 20.1. The van der Waals surface area contributed by atoms with Crippen LogP contribution in [0.2, 0.25) is 0 Å². The maximum atomic E-state index is 8.58. The monoisotopic (exact) mass is 368 g/mol. The van der Waals surface area contributed by atoms with Crippen molar-refractivity contribution in [1.29, 1.82) is 0 Å². The molecule has 2 rings (SSSR count). The van der Waals surface area contributed by atoms with Gasteiger partial charge in [-0.2, -0.15) is 0 Å². The minimum Gasteiger partial charge on any atom is -0.491 e. The van der Waals surface area contributed by atoms with E-state index in [-0.39, 0.29) is 0 Å². The van der Waals surface area contributed by atoms with Gasteiger partial charge >= 0.3 is 0 Å². The molecule has 0 aliphatic carbocycles. The molecule has 0 aliphatic heterocycles. The van der Waals surface area contributed by atoms with Crippen LogP contribution in [0.25, 0.3) is 20.9 Å². The lowest BCUT2D eigenvalue weighted by atomic mass is 10.2. The first-order valence-electron chi connectivity index (χ1n) is 8.29. The molecule has 0 aromatic heterocycles. The van der Waals surface area contributed by atoms with Crippen LogP contribution in [-0.2, 0) is 4.74 Å². The minimum absolute atomic E-state index is 0.311. The van der Waals surface area contributed by atoms with Crippen LogP contribution in [0.5, 0.6) is 11.5 Å². The van der Waals surface area contributed by atoms with Crippen LogP contribution < -0.4 is 9.47 Å². The van der Waals surface area contributed by atoms with E-state index in [2.05, 4.69) is 20.1 Å². The predicted octanol–water partition coefficient (Wildman–Crippen LogP) is 5.66. The van der Waals surface area contributed by atoms with Crippen molar-refractivity contribution in [1.82, 2.24) is 0 Å². The number of benzene rings is 2. The number of rotatable bonds is 10. The maximum Gasteiger partial charge on any atom is 0.129 e. The maximum absolute atomic E-state index is 8.58. The third-order valence-corrected chi connectivity index (χ3v) is 3.51. The highest BCUT2D eigenvalue weighted by Crippen LogP contribution is 2.29. The van der Waals surface area contributed by atoms with E-state index in [9.17, 15) is 0 Å². The molecular formula is C18H20N6O3. The summed E-state index contributed by atoms with van der Waals surface area (Å²) in [5, 5.41) is 7.20. The molecule has 0 aliphatic rings. The summed E-state index contributed by atoms with van der Waals surface area (Å²) in [6.07, 6.45) is 0. The van der Waals surface area contributed by atoms with Gasteiger partial charge in [0.15, 0.2) is 0 Å². The van der Waals surface area contributed by atoms with Gasteiger partial charge in [0, 0.05) is 9.82 Å². The van der Waals surface area contributed by atoms with Crippen LogP contribution in [0.4, 0.5) is 11.4 Å². The Labute approximate surface area is 156 Å². The molecule has 0 spiro atoms. The van der Waals surface area contributed by atoms with E-state index in [0.29, 0.717) is 49.3 Å². The fraction of sp³-hybridized carbons (Fsp3) is 0.333. The van der Waals surface area contributed by atoms with Crippen molar-refractivity contribution in [2.45, 2.75) is 13.8 Å². The number of ether oxygens (including phenoxy) is 3. The van der Waals surface area contributed by atoms with Gasteiger partial charge in [-0.1, -0.05) is 22.4 Å². The quantitative estimate of drug-likeness (QED) is 0.232. The van der Waals surface area contributed by atoms with Crippen molar-refractivity contribution in [2.75, 3.05) is 26.4 Å². The largest absolute Gasteiger partial charge is 0.491 e. The van der Waals surface area contributed by atoms with Crippen LogP contribution >= 0.6 is 0 Å². The zero-order valence-electron chi connectivity index (χ0n) is 15.2. The van der Waals surface area contributed by atoms with Gasteiger partial charge in [-0.05, 0) is 60.3 Å². The highest BCUT2D eigenvalue weighted by Gasteiger charge is 2.04. The highest BCUT2D eigenvalue weighted by atomic mass is 16.5. The van der Waals surface area contributed by atoms with E-state index in [4.69, 9.17) is 25.3 Å². The molecule has 2 aromatic carbocycles. The number of aryl methyl sites for hydroxylation is 2. The summed E-state index contributed by atoms with van der Waals surface area (Å²) in [5.74, 6) is 1.04. The molecule has 9 nitrogen and oxygen atoms in total. The van der Waals surface area contributed by atoms with Crippen molar-refractivity contribution in [3.8, 4) is 11.5 Å². The molecule has 0 bridgehead atoms. The highest BCUT2D eigenvalue weighted by molar-refractivity contribution is 5.53. The Morgan fingerprint density at radius 2 is 1.19 bits per heavy atom.